The highest BCUT2D eigenvalue weighted by Gasteiger charge is 2.12. The molecule has 0 atom stereocenters. The third-order valence-corrected chi connectivity index (χ3v) is 3.84. The molecule has 1 amide bonds. The van der Waals surface area contributed by atoms with Crippen molar-refractivity contribution in [1.29, 1.82) is 0 Å². The van der Waals surface area contributed by atoms with Gasteiger partial charge in [-0.2, -0.15) is 0 Å². The second-order valence-electron chi connectivity index (χ2n) is 6.21. The molecular weight excluding hydrogens is 314 g/mol. The predicted octanol–water partition coefficient (Wildman–Crippen LogP) is 4.29. The second-order valence-corrected chi connectivity index (χ2v) is 6.21. The van der Waals surface area contributed by atoms with Gasteiger partial charge in [-0.3, -0.25) is 4.79 Å². The van der Waals surface area contributed by atoms with E-state index in [4.69, 9.17) is 4.74 Å². The van der Waals surface area contributed by atoms with Gasteiger partial charge in [-0.1, -0.05) is 12.1 Å². The summed E-state index contributed by atoms with van der Waals surface area (Å²) >= 11 is 0. The monoisotopic (exact) mass is 335 g/mol. The van der Waals surface area contributed by atoms with Gasteiger partial charge in [0.1, 0.15) is 5.75 Å². The third-order valence-electron chi connectivity index (χ3n) is 3.84. The number of nitrogens with zero attached hydrogens (tertiary/aromatic N) is 2. The van der Waals surface area contributed by atoms with Crippen LogP contribution in [0, 0.1) is 13.8 Å². The standard InChI is InChI=1S/C20H21N3O2/c1-12(2)25-19-8-6-5-7-17(19)23-20(24)15-9-10-16-18(11-15)22-14(4)13(3)21-16/h5-12H,1-4H3,(H,23,24). The van der Waals surface area contributed by atoms with Crippen LogP contribution in [0.5, 0.6) is 5.75 Å². The molecule has 1 N–H and O–H groups in total. The molecule has 128 valence electrons. The fraction of sp³-hybridized carbons (Fsp3) is 0.250. The summed E-state index contributed by atoms with van der Waals surface area (Å²) in [6.07, 6.45) is 0.0280. The zero-order valence-corrected chi connectivity index (χ0v) is 14.8. The Balaban J connectivity index is 1.89. The number of rotatable bonds is 4. The van der Waals surface area contributed by atoms with Crippen molar-refractivity contribution in [2.45, 2.75) is 33.8 Å². The van der Waals surface area contributed by atoms with E-state index in [0.29, 0.717) is 22.5 Å². The lowest BCUT2D eigenvalue weighted by Crippen LogP contribution is -2.14. The molecule has 0 saturated heterocycles. The Morgan fingerprint density at radius 3 is 2.40 bits per heavy atom. The lowest BCUT2D eigenvalue weighted by atomic mass is 10.1. The van der Waals surface area contributed by atoms with E-state index in [1.54, 1.807) is 12.1 Å². The van der Waals surface area contributed by atoms with Crippen molar-refractivity contribution in [3.63, 3.8) is 0 Å². The maximum Gasteiger partial charge on any atom is 0.255 e. The molecule has 0 saturated carbocycles. The molecule has 0 bridgehead atoms. The average molecular weight is 335 g/mol. The van der Waals surface area contributed by atoms with Gasteiger partial charge in [0, 0.05) is 5.56 Å². The van der Waals surface area contributed by atoms with Crippen molar-refractivity contribution in [3.05, 3.63) is 59.4 Å². The first-order valence-corrected chi connectivity index (χ1v) is 8.26. The van der Waals surface area contributed by atoms with Crippen molar-refractivity contribution >= 4 is 22.6 Å². The minimum Gasteiger partial charge on any atom is -0.489 e. The van der Waals surface area contributed by atoms with Crippen LogP contribution in [-0.2, 0) is 0 Å². The summed E-state index contributed by atoms with van der Waals surface area (Å²) in [6, 6.07) is 12.7. The number of hydrogen-bond donors (Lipinski definition) is 1. The molecule has 3 aromatic rings. The molecular formula is C20H21N3O2. The van der Waals surface area contributed by atoms with Gasteiger partial charge in [0.25, 0.3) is 5.91 Å². The van der Waals surface area contributed by atoms with Gasteiger partial charge in [-0.05, 0) is 58.0 Å². The van der Waals surface area contributed by atoms with Gasteiger partial charge in [-0.15, -0.1) is 0 Å². The number of hydrogen-bond acceptors (Lipinski definition) is 4. The molecule has 1 heterocycles. The number of para-hydroxylation sites is 2. The number of amides is 1. The number of carbonyl (C=O) groups is 1. The molecule has 25 heavy (non-hydrogen) atoms. The Morgan fingerprint density at radius 1 is 1.00 bits per heavy atom. The summed E-state index contributed by atoms with van der Waals surface area (Å²) in [5.41, 5.74) is 4.42. The van der Waals surface area contributed by atoms with Crippen LogP contribution in [0.15, 0.2) is 42.5 Å². The van der Waals surface area contributed by atoms with Crippen LogP contribution in [0.25, 0.3) is 11.0 Å². The van der Waals surface area contributed by atoms with E-state index >= 15 is 0 Å². The first-order valence-electron chi connectivity index (χ1n) is 8.26. The molecule has 1 aromatic heterocycles. The molecule has 0 radical (unpaired) electrons. The molecule has 5 heteroatoms. The zero-order chi connectivity index (χ0) is 18.0. The van der Waals surface area contributed by atoms with Crippen LogP contribution in [0.1, 0.15) is 35.6 Å². The van der Waals surface area contributed by atoms with Gasteiger partial charge in [0.05, 0.1) is 34.2 Å². The Hall–Kier alpha value is -2.95. The number of aromatic nitrogens is 2. The van der Waals surface area contributed by atoms with Crippen molar-refractivity contribution in [2.24, 2.45) is 0 Å². The number of ether oxygens (including phenoxy) is 1. The van der Waals surface area contributed by atoms with Crippen molar-refractivity contribution in [1.82, 2.24) is 9.97 Å². The summed E-state index contributed by atoms with van der Waals surface area (Å²) < 4.78 is 5.74. The Bertz CT molecular complexity index is 935. The van der Waals surface area contributed by atoms with E-state index in [-0.39, 0.29) is 12.0 Å². The number of benzene rings is 2. The highest BCUT2D eigenvalue weighted by atomic mass is 16.5. The normalized spacial score (nSPS) is 10.9. The van der Waals surface area contributed by atoms with E-state index in [9.17, 15) is 4.79 Å². The highest BCUT2D eigenvalue weighted by Crippen LogP contribution is 2.25. The average Bonchev–Trinajstić information content (AvgIpc) is 2.57. The SMILES string of the molecule is Cc1nc2ccc(C(=O)Nc3ccccc3OC(C)C)cc2nc1C. The van der Waals surface area contributed by atoms with Crippen LogP contribution < -0.4 is 10.1 Å². The first-order chi connectivity index (χ1) is 11.9. The summed E-state index contributed by atoms with van der Waals surface area (Å²) in [5, 5.41) is 2.91. The minimum atomic E-state index is -0.207. The Morgan fingerprint density at radius 2 is 1.68 bits per heavy atom. The van der Waals surface area contributed by atoms with Gasteiger partial charge in [0.2, 0.25) is 0 Å². The molecule has 0 aliphatic rings. The molecule has 0 aliphatic heterocycles. The van der Waals surface area contributed by atoms with Gasteiger partial charge < -0.3 is 10.1 Å². The topological polar surface area (TPSA) is 64.1 Å². The number of fused-ring (bicyclic) bond motifs is 1. The van der Waals surface area contributed by atoms with Crippen LogP contribution in [0.3, 0.4) is 0 Å². The molecule has 0 aliphatic carbocycles. The van der Waals surface area contributed by atoms with Gasteiger partial charge >= 0.3 is 0 Å². The highest BCUT2D eigenvalue weighted by molar-refractivity contribution is 6.06. The van der Waals surface area contributed by atoms with Crippen molar-refractivity contribution in [3.8, 4) is 5.75 Å². The summed E-state index contributed by atoms with van der Waals surface area (Å²) in [5.74, 6) is 0.444. The van der Waals surface area contributed by atoms with Crippen LogP contribution in [0.2, 0.25) is 0 Å². The number of anilines is 1. The Labute approximate surface area is 147 Å². The summed E-state index contributed by atoms with van der Waals surface area (Å²) in [7, 11) is 0. The molecule has 5 nitrogen and oxygen atoms in total. The quantitative estimate of drug-likeness (QED) is 0.772. The summed E-state index contributed by atoms with van der Waals surface area (Å²) in [4.78, 5) is 21.6. The van der Waals surface area contributed by atoms with Gasteiger partial charge in [0.15, 0.2) is 0 Å². The van der Waals surface area contributed by atoms with Crippen LogP contribution >= 0.6 is 0 Å². The van der Waals surface area contributed by atoms with E-state index < -0.39 is 0 Å². The first kappa shape index (κ1) is 16.9. The largest absolute Gasteiger partial charge is 0.489 e. The molecule has 0 spiro atoms. The molecule has 0 unspecified atom stereocenters. The maximum absolute atomic E-state index is 12.6. The van der Waals surface area contributed by atoms with E-state index in [0.717, 1.165) is 16.9 Å². The fourth-order valence-corrected chi connectivity index (χ4v) is 2.49. The second kappa shape index (κ2) is 6.89. The molecule has 3 rings (SSSR count). The summed E-state index contributed by atoms with van der Waals surface area (Å²) in [6.45, 7) is 7.73. The zero-order valence-electron chi connectivity index (χ0n) is 14.8. The fourth-order valence-electron chi connectivity index (χ4n) is 2.49. The van der Waals surface area contributed by atoms with Crippen LogP contribution in [0.4, 0.5) is 5.69 Å². The maximum atomic E-state index is 12.6. The minimum absolute atomic E-state index is 0.0280. The van der Waals surface area contributed by atoms with Crippen LogP contribution in [-0.4, -0.2) is 22.0 Å². The number of aryl methyl sites for hydroxylation is 2. The molecule has 0 fully saturated rings. The lowest BCUT2D eigenvalue weighted by molar-refractivity contribution is 0.102. The van der Waals surface area contributed by atoms with E-state index in [2.05, 4.69) is 15.3 Å². The van der Waals surface area contributed by atoms with E-state index in [1.165, 1.54) is 0 Å². The van der Waals surface area contributed by atoms with E-state index in [1.807, 2.05) is 58.0 Å². The molecule has 2 aromatic carbocycles. The smallest absolute Gasteiger partial charge is 0.255 e. The predicted molar refractivity (Wildman–Crippen MR) is 99.2 cm³/mol. The third kappa shape index (κ3) is 3.76. The number of nitrogens with one attached hydrogen (secondary N) is 1. The lowest BCUT2D eigenvalue weighted by Gasteiger charge is -2.15. The Kier molecular flexibility index (Phi) is 4.65. The number of carbonyl (C=O) groups excluding carboxylic acids is 1. The van der Waals surface area contributed by atoms with Crippen molar-refractivity contribution in [2.75, 3.05) is 5.32 Å². The van der Waals surface area contributed by atoms with Crippen molar-refractivity contribution < 1.29 is 9.53 Å². The van der Waals surface area contributed by atoms with Gasteiger partial charge in [-0.25, -0.2) is 9.97 Å².